The van der Waals surface area contributed by atoms with Crippen LogP contribution in [0.3, 0.4) is 0 Å². The molecule has 1 heterocycles. The van der Waals surface area contributed by atoms with Gasteiger partial charge in [-0.25, -0.2) is 0 Å². The molecule has 1 aromatic heterocycles. The number of nitrogens with one attached hydrogen (secondary N) is 1. The van der Waals surface area contributed by atoms with Gasteiger partial charge in [-0.15, -0.1) is 11.3 Å². The third-order valence-corrected chi connectivity index (χ3v) is 4.38. The SMILES string of the molecule is Cc1ccc(C(CCc2ccccc2C)NN)s1. The molecule has 18 heavy (non-hydrogen) atoms. The average molecular weight is 260 g/mol. The lowest BCUT2D eigenvalue weighted by molar-refractivity contribution is 0.523. The number of hydrogen-bond donors (Lipinski definition) is 2. The van der Waals surface area contributed by atoms with E-state index in [-0.39, 0.29) is 6.04 Å². The van der Waals surface area contributed by atoms with E-state index in [1.54, 1.807) is 0 Å². The van der Waals surface area contributed by atoms with Crippen LogP contribution in [0.15, 0.2) is 36.4 Å². The Kier molecular flexibility index (Phi) is 4.53. The summed E-state index contributed by atoms with van der Waals surface area (Å²) < 4.78 is 0. The molecule has 0 aliphatic rings. The van der Waals surface area contributed by atoms with Gasteiger partial charge in [-0.2, -0.15) is 0 Å². The first-order valence-electron chi connectivity index (χ1n) is 6.27. The van der Waals surface area contributed by atoms with Crippen molar-refractivity contribution in [3.8, 4) is 0 Å². The fourth-order valence-corrected chi connectivity index (χ4v) is 3.11. The highest BCUT2D eigenvalue weighted by Gasteiger charge is 2.12. The first-order chi connectivity index (χ1) is 8.70. The molecule has 0 spiro atoms. The van der Waals surface area contributed by atoms with Crippen molar-refractivity contribution in [2.24, 2.45) is 5.84 Å². The topological polar surface area (TPSA) is 38.0 Å². The number of rotatable bonds is 5. The summed E-state index contributed by atoms with van der Waals surface area (Å²) in [5.41, 5.74) is 5.70. The average Bonchev–Trinajstić information content (AvgIpc) is 2.79. The van der Waals surface area contributed by atoms with Gasteiger partial charge in [-0.05, 0) is 49.9 Å². The predicted octanol–water partition coefficient (Wildman–Crippen LogP) is 3.50. The Balaban J connectivity index is 2.02. The molecule has 1 aromatic carbocycles. The number of hydrazine groups is 1. The van der Waals surface area contributed by atoms with E-state index in [1.165, 1.54) is 20.9 Å². The minimum Gasteiger partial charge on any atom is -0.271 e. The fraction of sp³-hybridized carbons (Fsp3) is 0.333. The van der Waals surface area contributed by atoms with Crippen LogP contribution in [0.1, 0.15) is 33.3 Å². The van der Waals surface area contributed by atoms with Crippen LogP contribution in [0.5, 0.6) is 0 Å². The molecule has 0 fully saturated rings. The van der Waals surface area contributed by atoms with Gasteiger partial charge in [-0.1, -0.05) is 24.3 Å². The Hall–Kier alpha value is -1.16. The van der Waals surface area contributed by atoms with Crippen molar-refractivity contribution >= 4 is 11.3 Å². The highest BCUT2D eigenvalue weighted by Crippen LogP contribution is 2.26. The van der Waals surface area contributed by atoms with Gasteiger partial charge in [0.25, 0.3) is 0 Å². The van der Waals surface area contributed by atoms with Crippen molar-refractivity contribution in [3.63, 3.8) is 0 Å². The van der Waals surface area contributed by atoms with E-state index in [9.17, 15) is 0 Å². The number of benzene rings is 1. The zero-order valence-corrected chi connectivity index (χ0v) is 11.8. The lowest BCUT2D eigenvalue weighted by Gasteiger charge is -2.15. The maximum absolute atomic E-state index is 5.67. The van der Waals surface area contributed by atoms with Crippen LogP contribution in [0.4, 0.5) is 0 Å². The van der Waals surface area contributed by atoms with Crippen LogP contribution >= 0.6 is 11.3 Å². The molecule has 3 N–H and O–H groups in total. The number of hydrogen-bond acceptors (Lipinski definition) is 3. The lowest BCUT2D eigenvalue weighted by Crippen LogP contribution is -2.27. The number of aryl methyl sites for hydroxylation is 3. The molecule has 96 valence electrons. The quantitative estimate of drug-likeness (QED) is 0.638. The molecule has 1 atom stereocenters. The fourth-order valence-electron chi connectivity index (χ4n) is 2.14. The van der Waals surface area contributed by atoms with E-state index >= 15 is 0 Å². The Bertz CT molecular complexity index is 505. The summed E-state index contributed by atoms with van der Waals surface area (Å²) in [6.07, 6.45) is 2.08. The standard InChI is InChI=1S/C15H20N2S/c1-11-5-3-4-6-13(11)8-9-14(17-16)15-10-7-12(2)18-15/h3-7,10,14,17H,8-9,16H2,1-2H3. The second-order valence-corrected chi connectivity index (χ2v) is 5.95. The van der Waals surface area contributed by atoms with Crippen LogP contribution < -0.4 is 11.3 Å². The molecule has 0 aliphatic carbocycles. The molecule has 0 amide bonds. The summed E-state index contributed by atoms with van der Waals surface area (Å²) >= 11 is 1.82. The molecule has 0 bridgehead atoms. The van der Waals surface area contributed by atoms with Crippen molar-refractivity contribution in [2.45, 2.75) is 32.7 Å². The Labute approximate surface area is 113 Å². The smallest absolute Gasteiger partial charge is 0.0556 e. The summed E-state index contributed by atoms with van der Waals surface area (Å²) in [5.74, 6) is 5.67. The van der Waals surface area contributed by atoms with E-state index in [2.05, 4.69) is 55.7 Å². The second-order valence-electron chi connectivity index (χ2n) is 4.63. The van der Waals surface area contributed by atoms with Crippen LogP contribution in [-0.2, 0) is 6.42 Å². The normalized spacial score (nSPS) is 12.6. The second kappa shape index (κ2) is 6.14. The Morgan fingerprint density at radius 3 is 2.56 bits per heavy atom. The molecular weight excluding hydrogens is 240 g/mol. The highest BCUT2D eigenvalue weighted by atomic mass is 32.1. The summed E-state index contributed by atoms with van der Waals surface area (Å²) in [6.45, 7) is 4.29. The number of thiophene rings is 1. The van der Waals surface area contributed by atoms with Gasteiger partial charge < -0.3 is 0 Å². The zero-order chi connectivity index (χ0) is 13.0. The molecule has 2 rings (SSSR count). The minimum atomic E-state index is 0.253. The Morgan fingerprint density at radius 2 is 1.94 bits per heavy atom. The summed E-state index contributed by atoms with van der Waals surface area (Å²) in [7, 11) is 0. The van der Waals surface area contributed by atoms with Gasteiger partial charge in [0.15, 0.2) is 0 Å². The molecule has 2 aromatic rings. The van der Waals surface area contributed by atoms with Crippen molar-refractivity contribution in [1.29, 1.82) is 0 Å². The monoisotopic (exact) mass is 260 g/mol. The van der Waals surface area contributed by atoms with E-state index in [0.717, 1.165) is 12.8 Å². The van der Waals surface area contributed by atoms with Gasteiger partial charge in [0.2, 0.25) is 0 Å². The zero-order valence-electron chi connectivity index (χ0n) is 10.9. The van der Waals surface area contributed by atoms with Crippen LogP contribution in [0.2, 0.25) is 0 Å². The largest absolute Gasteiger partial charge is 0.271 e. The summed E-state index contributed by atoms with van der Waals surface area (Å²) in [4.78, 5) is 2.66. The van der Waals surface area contributed by atoms with Gasteiger partial charge in [0, 0.05) is 9.75 Å². The third kappa shape index (κ3) is 3.19. The van der Waals surface area contributed by atoms with E-state index in [4.69, 9.17) is 5.84 Å². The molecule has 2 nitrogen and oxygen atoms in total. The Morgan fingerprint density at radius 1 is 1.17 bits per heavy atom. The van der Waals surface area contributed by atoms with Crippen molar-refractivity contribution < 1.29 is 0 Å². The van der Waals surface area contributed by atoms with Crippen molar-refractivity contribution in [3.05, 3.63) is 57.3 Å². The molecular formula is C15H20N2S. The minimum absolute atomic E-state index is 0.253. The molecule has 0 saturated carbocycles. The molecule has 1 unspecified atom stereocenters. The first-order valence-corrected chi connectivity index (χ1v) is 7.09. The summed E-state index contributed by atoms with van der Waals surface area (Å²) in [5, 5.41) is 0. The van der Waals surface area contributed by atoms with Gasteiger partial charge in [0.05, 0.1) is 6.04 Å². The number of nitrogens with two attached hydrogens (primary N) is 1. The molecule has 0 saturated heterocycles. The third-order valence-electron chi connectivity index (χ3n) is 3.27. The maximum atomic E-state index is 5.67. The van der Waals surface area contributed by atoms with E-state index in [1.807, 2.05) is 11.3 Å². The van der Waals surface area contributed by atoms with Crippen LogP contribution in [0.25, 0.3) is 0 Å². The molecule has 0 radical (unpaired) electrons. The lowest BCUT2D eigenvalue weighted by atomic mass is 10.0. The van der Waals surface area contributed by atoms with E-state index in [0.29, 0.717) is 0 Å². The van der Waals surface area contributed by atoms with Gasteiger partial charge in [-0.3, -0.25) is 11.3 Å². The van der Waals surface area contributed by atoms with Crippen molar-refractivity contribution in [1.82, 2.24) is 5.43 Å². The van der Waals surface area contributed by atoms with Crippen LogP contribution in [0, 0.1) is 13.8 Å². The highest BCUT2D eigenvalue weighted by molar-refractivity contribution is 7.12. The maximum Gasteiger partial charge on any atom is 0.0556 e. The van der Waals surface area contributed by atoms with Crippen molar-refractivity contribution in [2.75, 3.05) is 0 Å². The molecule has 3 heteroatoms. The van der Waals surface area contributed by atoms with Gasteiger partial charge in [0.1, 0.15) is 0 Å². The summed E-state index contributed by atoms with van der Waals surface area (Å²) in [6, 6.07) is 13.1. The first kappa shape index (κ1) is 13.3. The van der Waals surface area contributed by atoms with E-state index < -0.39 is 0 Å². The predicted molar refractivity (Wildman–Crippen MR) is 78.6 cm³/mol. The van der Waals surface area contributed by atoms with Crippen LogP contribution in [-0.4, -0.2) is 0 Å². The van der Waals surface area contributed by atoms with Gasteiger partial charge >= 0.3 is 0 Å². The molecule has 0 aliphatic heterocycles.